The Morgan fingerprint density at radius 1 is 1.16 bits per heavy atom. The van der Waals surface area contributed by atoms with Crippen LogP contribution in [-0.2, 0) is 22.0 Å². The summed E-state index contributed by atoms with van der Waals surface area (Å²) in [5.74, 6) is -1.10. The molecule has 3 aromatic rings. The van der Waals surface area contributed by atoms with E-state index in [1.807, 2.05) is 13.8 Å². The number of rotatable bonds is 5. The van der Waals surface area contributed by atoms with Gasteiger partial charge in [-0.25, -0.2) is 8.42 Å². The van der Waals surface area contributed by atoms with Gasteiger partial charge < -0.3 is 11.1 Å². The SMILES string of the molecule is CC1(C)CN(S(=O)(=O)c2cccnc2)Cc2c(NC(=O)c3ccccc3C(N)=O)n[nH]c21. The summed E-state index contributed by atoms with van der Waals surface area (Å²) in [7, 11) is -3.81. The molecule has 4 N–H and O–H groups in total. The number of carbonyl (C=O) groups excluding carboxylic acids is 2. The molecule has 1 aromatic carbocycles. The molecule has 2 amide bonds. The van der Waals surface area contributed by atoms with E-state index in [4.69, 9.17) is 5.73 Å². The van der Waals surface area contributed by atoms with Gasteiger partial charge in [-0.05, 0) is 24.3 Å². The summed E-state index contributed by atoms with van der Waals surface area (Å²) in [5, 5.41) is 9.84. The Kier molecular flexibility index (Phi) is 5.31. The number of H-pyrrole nitrogens is 1. The second kappa shape index (κ2) is 7.84. The number of sulfonamides is 1. The summed E-state index contributed by atoms with van der Waals surface area (Å²) < 4.78 is 27.7. The maximum atomic E-state index is 13.2. The Morgan fingerprint density at radius 2 is 1.88 bits per heavy atom. The zero-order valence-electron chi connectivity index (χ0n) is 17.5. The first kappa shape index (κ1) is 21.7. The topological polar surface area (TPSA) is 151 Å². The number of aromatic amines is 1. The van der Waals surface area contributed by atoms with Crippen molar-refractivity contribution in [2.24, 2.45) is 5.73 Å². The summed E-state index contributed by atoms with van der Waals surface area (Å²) >= 11 is 0. The average molecular weight is 455 g/mol. The lowest BCUT2D eigenvalue weighted by Gasteiger charge is -2.36. The lowest BCUT2D eigenvalue weighted by Crippen LogP contribution is -2.45. The van der Waals surface area contributed by atoms with Gasteiger partial charge in [-0.3, -0.25) is 19.7 Å². The maximum Gasteiger partial charge on any atom is 0.257 e. The Morgan fingerprint density at radius 3 is 2.53 bits per heavy atom. The highest BCUT2D eigenvalue weighted by Crippen LogP contribution is 2.37. The Labute approximate surface area is 184 Å². The zero-order valence-corrected chi connectivity index (χ0v) is 18.3. The number of fused-ring (bicyclic) bond motifs is 1. The Hall–Kier alpha value is -3.57. The lowest BCUT2D eigenvalue weighted by molar-refractivity contribution is 0.0977. The van der Waals surface area contributed by atoms with Crippen LogP contribution in [0.3, 0.4) is 0 Å². The normalized spacial score (nSPS) is 15.7. The molecule has 4 rings (SSSR count). The number of aromatic nitrogens is 3. The predicted molar refractivity (Wildman–Crippen MR) is 116 cm³/mol. The maximum absolute atomic E-state index is 13.2. The highest BCUT2D eigenvalue weighted by atomic mass is 32.2. The molecule has 0 spiro atoms. The molecule has 1 aliphatic rings. The van der Waals surface area contributed by atoms with E-state index in [2.05, 4.69) is 20.5 Å². The highest BCUT2D eigenvalue weighted by Gasteiger charge is 2.41. The van der Waals surface area contributed by atoms with Gasteiger partial charge >= 0.3 is 0 Å². The zero-order chi connectivity index (χ0) is 23.1. The number of amides is 2. The van der Waals surface area contributed by atoms with Crippen LogP contribution in [0.4, 0.5) is 5.82 Å². The minimum atomic E-state index is -3.81. The second-order valence-electron chi connectivity index (χ2n) is 8.14. The van der Waals surface area contributed by atoms with Gasteiger partial charge in [0.1, 0.15) is 4.90 Å². The van der Waals surface area contributed by atoms with Crippen LogP contribution < -0.4 is 11.1 Å². The Bertz CT molecular complexity index is 1300. The molecule has 166 valence electrons. The van der Waals surface area contributed by atoms with Crippen molar-refractivity contribution in [3.8, 4) is 0 Å². The number of hydrogen-bond donors (Lipinski definition) is 3. The third-order valence-electron chi connectivity index (χ3n) is 5.39. The van der Waals surface area contributed by atoms with Crippen molar-refractivity contribution >= 4 is 27.7 Å². The molecule has 11 heteroatoms. The molecule has 2 aromatic heterocycles. The molecule has 0 bridgehead atoms. The average Bonchev–Trinajstić information content (AvgIpc) is 3.17. The summed E-state index contributed by atoms with van der Waals surface area (Å²) in [5.41, 5.74) is 6.25. The van der Waals surface area contributed by atoms with Gasteiger partial charge in [0.2, 0.25) is 15.9 Å². The monoisotopic (exact) mass is 454 g/mol. The van der Waals surface area contributed by atoms with Gasteiger partial charge in [0, 0.05) is 42.2 Å². The lowest BCUT2D eigenvalue weighted by atomic mass is 9.84. The standard InChI is InChI=1S/C21H22N6O4S/c1-21(2)12-27(32(30,31)13-6-5-9-23-10-13)11-16-17(21)25-26-19(16)24-20(29)15-8-4-3-7-14(15)18(22)28/h3-10H,11-12H2,1-2H3,(H2,22,28)(H2,24,25,26,29). The number of nitrogens with one attached hydrogen (secondary N) is 2. The molecule has 0 aliphatic carbocycles. The molecule has 0 saturated heterocycles. The van der Waals surface area contributed by atoms with E-state index in [9.17, 15) is 18.0 Å². The largest absolute Gasteiger partial charge is 0.366 e. The summed E-state index contributed by atoms with van der Waals surface area (Å²) in [6.07, 6.45) is 2.81. The Balaban J connectivity index is 1.68. The van der Waals surface area contributed by atoms with E-state index in [1.54, 1.807) is 18.2 Å². The van der Waals surface area contributed by atoms with E-state index in [1.165, 1.54) is 34.9 Å². The van der Waals surface area contributed by atoms with Crippen LogP contribution in [0.25, 0.3) is 0 Å². The minimum Gasteiger partial charge on any atom is -0.366 e. The smallest absolute Gasteiger partial charge is 0.257 e. The highest BCUT2D eigenvalue weighted by molar-refractivity contribution is 7.89. The van der Waals surface area contributed by atoms with E-state index in [-0.39, 0.29) is 34.9 Å². The van der Waals surface area contributed by atoms with Gasteiger partial charge in [-0.1, -0.05) is 26.0 Å². The van der Waals surface area contributed by atoms with Gasteiger partial charge in [0.05, 0.1) is 11.1 Å². The van der Waals surface area contributed by atoms with Gasteiger partial charge in [0.15, 0.2) is 5.82 Å². The van der Waals surface area contributed by atoms with Crippen molar-refractivity contribution in [1.29, 1.82) is 0 Å². The first-order valence-electron chi connectivity index (χ1n) is 9.79. The number of hydrogen-bond acceptors (Lipinski definition) is 6. The quantitative estimate of drug-likeness (QED) is 0.533. The summed E-state index contributed by atoms with van der Waals surface area (Å²) in [6.45, 7) is 4.02. The van der Waals surface area contributed by atoms with Crippen LogP contribution in [0.5, 0.6) is 0 Å². The minimum absolute atomic E-state index is 0.0135. The first-order valence-corrected chi connectivity index (χ1v) is 11.2. The van der Waals surface area contributed by atoms with Crippen molar-refractivity contribution < 1.29 is 18.0 Å². The van der Waals surface area contributed by atoms with E-state index < -0.39 is 27.3 Å². The van der Waals surface area contributed by atoms with Gasteiger partial charge in [0.25, 0.3) is 5.91 Å². The number of pyridine rings is 1. The first-order chi connectivity index (χ1) is 15.1. The van der Waals surface area contributed by atoms with Crippen molar-refractivity contribution in [2.75, 3.05) is 11.9 Å². The summed E-state index contributed by atoms with van der Waals surface area (Å²) in [4.78, 5) is 28.5. The van der Waals surface area contributed by atoms with Crippen LogP contribution >= 0.6 is 0 Å². The molecule has 32 heavy (non-hydrogen) atoms. The fourth-order valence-electron chi connectivity index (χ4n) is 3.82. The van der Waals surface area contributed by atoms with Crippen LogP contribution in [0.2, 0.25) is 0 Å². The molecule has 0 saturated carbocycles. The fraction of sp³-hybridized carbons (Fsp3) is 0.238. The van der Waals surface area contributed by atoms with E-state index >= 15 is 0 Å². The van der Waals surface area contributed by atoms with Crippen molar-refractivity contribution in [2.45, 2.75) is 30.7 Å². The summed E-state index contributed by atoms with van der Waals surface area (Å²) in [6, 6.07) is 9.22. The second-order valence-corrected chi connectivity index (χ2v) is 10.1. The fourth-order valence-corrected chi connectivity index (χ4v) is 5.36. The van der Waals surface area contributed by atoms with Gasteiger partial charge in [-0.15, -0.1) is 0 Å². The molecular weight excluding hydrogens is 432 g/mol. The third-order valence-corrected chi connectivity index (χ3v) is 7.17. The van der Waals surface area contributed by atoms with Crippen molar-refractivity contribution in [3.05, 3.63) is 71.2 Å². The van der Waals surface area contributed by atoms with Gasteiger partial charge in [-0.2, -0.15) is 9.40 Å². The molecular formula is C21H22N6O4S. The predicted octanol–water partition coefficient (Wildman–Crippen LogP) is 1.64. The van der Waals surface area contributed by atoms with Crippen LogP contribution in [0.1, 0.15) is 45.8 Å². The van der Waals surface area contributed by atoms with E-state index in [0.717, 1.165) is 5.69 Å². The number of nitrogens with zero attached hydrogens (tertiary/aromatic N) is 3. The van der Waals surface area contributed by atoms with Crippen LogP contribution in [0, 0.1) is 0 Å². The molecule has 0 unspecified atom stereocenters. The van der Waals surface area contributed by atoms with Crippen LogP contribution in [0.15, 0.2) is 53.7 Å². The van der Waals surface area contributed by atoms with Crippen LogP contribution in [-0.4, -0.2) is 46.3 Å². The molecule has 0 atom stereocenters. The van der Waals surface area contributed by atoms with E-state index in [0.29, 0.717) is 5.56 Å². The number of benzene rings is 1. The number of primary amides is 1. The molecule has 0 fully saturated rings. The number of nitrogens with two attached hydrogens (primary N) is 1. The third kappa shape index (κ3) is 3.76. The van der Waals surface area contributed by atoms with Crippen molar-refractivity contribution in [1.82, 2.24) is 19.5 Å². The molecule has 3 heterocycles. The number of anilines is 1. The number of carbonyl (C=O) groups is 2. The molecule has 10 nitrogen and oxygen atoms in total. The molecule has 0 radical (unpaired) electrons. The molecule has 1 aliphatic heterocycles. The van der Waals surface area contributed by atoms with Crippen molar-refractivity contribution in [3.63, 3.8) is 0 Å².